The number of piperazine rings is 1. The van der Waals surface area contributed by atoms with Crippen LogP contribution in [0.1, 0.15) is 27.0 Å². The molecule has 0 bridgehead atoms. The number of hydrogen-bond donors (Lipinski definition) is 0. The Hall–Kier alpha value is -4.11. The topological polar surface area (TPSA) is 76.4 Å². The molecule has 1 saturated heterocycles. The molecule has 0 atom stereocenters. The standard InChI is InChI=1S/C33H33ClN6O2/c1-22-17-23(6-7-25(22)21-40-15-13-38(2)14-16-40)30(41)19-26-18-27(8-9-28(26)34)42-33-31-29(10-12-39(31)3)36-32(37-33)24-5-4-11-35-20-24/h4-12,17-18,20H,13-16,19,21H2,1-3H3. The van der Waals surface area contributed by atoms with E-state index < -0.39 is 0 Å². The Labute approximate surface area is 250 Å². The lowest BCUT2D eigenvalue weighted by Crippen LogP contribution is -2.43. The molecule has 42 heavy (non-hydrogen) atoms. The molecular formula is C33H33ClN6O2. The first kappa shape index (κ1) is 28.0. The van der Waals surface area contributed by atoms with Gasteiger partial charge in [0.2, 0.25) is 5.88 Å². The molecule has 2 aromatic carbocycles. The molecule has 4 heterocycles. The summed E-state index contributed by atoms with van der Waals surface area (Å²) in [7, 11) is 4.08. The van der Waals surface area contributed by atoms with Crippen LogP contribution in [0.15, 0.2) is 73.2 Å². The molecule has 214 valence electrons. The molecule has 0 aliphatic carbocycles. The van der Waals surface area contributed by atoms with Crippen molar-refractivity contribution in [3.63, 3.8) is 0 Å². The average Bonchev–Trinajstić information content (AvgIpc) is 3.38. The quantitative estimate of drug-likeness (QED) is 0.210. The first-order valence-electron chi connectivity index (χ1n) is 14.1. The van der Waals surface area contributed by atoms with Crippen LogP contribution >= 0.6 is 11.6 Å². The Morgan fingerprint density at radius 2 is 1.81 bits per heavy atom. The SMILES string of the molecule is Cc1cc(C(=O)Cc2cc(Oc3nc(-c4cccnc4)nc4ccn(C)c34)ccc2Cl)ccc1CN1CCN(C)CC1. The van der Waals surface area contributed by atoms with Crippen LogP contribution < -0.4 is 4.74 Å². The normalized spacial score (nSPS) is 14.4. The van der Waals surface area contributed by atoms with Gasteiger partial charge in [-0.15, -0.1) is 0 Å². The number of likely N-dealkylation sites (N-methyl/N-ethyl adjacent to an activating group) is 1. The largest absolute Gasteiger partial charge is 0.437 e. The minimum atomic E-state index is 0.00835. The van der Waals surface area contributed by atoms with Gasteiger partial charge in [-0.05, 0) is 73.1 Å². The molecule has 9 heteroatoms. The molecule has 0 N–H and O–H groups in total. The zero-order chi connectivity index (χ0) is 29.2. The number of pyridine rings is 1. The van der Waals surface area contributed by atoms with Crippen molar-refractivity contribution in [3.8, 4) is 23.0 Å². The number of carbonyl (C=O) groups is 1. The Kier molecular flexibility index (Phi) is 8.02. The fourth-order valence-corrected chi connectivity index (χ4v) is 5.47. The van der Waals surface area contributed by atoms with E-state index in [0.717, 1.165) is 54.9 Å². The lowest BCUT2D eigenvalue weighted by atomic mass is 9.98. The van der Waals surface area contributed by atoms with Gasteiger partial charge < -0.3 is 14.2 Å². The van der Waals surface area contributed by atoms with E-state index in [1.165, 1.54) is 5.56 Å². The minimum Gasteiger partial charge on any atom is -0.437 e. The zero-order valence-electron chi connectivity index (χ0n) is 24.0. The van der Waals surface area contributed by atoms with E-state index >= 15 is 0 Å². The van der Waals surface area contributed by atoms with E-state index in [-0.39, 0.29) is 12.2 Å². The number of hydrogen-bond acceptors (Lipinski definition) is 7. The van der Waals surface area contributed by atoms with E-state index in [1.807, 2.05) is 54.2 Å². The monoisotopic (exact) mass is 580 g/mol. The molecule has 5 aromatic rings. The highest BCUT2D eigenvalue weighted by molar-refractivity contribution is 6.31. The molecule has 0 unspecified atom stereocenters. The maximum atomic E-state index is 13.4. The van der Waals surface area contributed by atoms with Gasteiger partial charge in [0.05, 0.1) is 5.52 Å². The molecular weight excluding hydrogens is 548 g/mol. The van der Waals surface area contributed by atoms with Crippen LogP contribution in [0.3, 0.4) is 0 Å². The first-order valence-corrected chi connectivity index (χ1v) is 14.5. The number of rotatable bonds is 8. The Balaban J connectivity index is 1.21. The third kappa shape index (κ3) is 6.06. The summed E-state index contributed by atoms with van der Waals surface area (Å²) in [5.41, 5.74) is 6.08. The smallest absolute Gasteiger partial charge is 0.247 e. The number of halogens is 1. The number of aryl methyl sites for hydroxylation is 2. The van der Waals surface area contributed by atoms with Crippen LogP contribution in [0.2, 0.25) is 5.02 Å². The third-order valence-electron chi connectivity index (χ3n) is 7.84. The van der Waals surface area contributed by atoms with Gasteiger partial charge in [0.1, 0.15) is 11.3 Å². The van der Waals surface area contributed by atoms with Gasteiger partial charge in [0, 0.05) is 80.9 Å². The molecule has 1 aliphatic rings. The maximum absolute atomic E-state index is 13.4. The molecule has 0 amide bonds. The highest BCUT2D eigenvalue weighted by Crippen LogP contribution is 2.32. The van der Waals surface area contributed by atoms with Gasteiger partial charge >= 0.3 is 0 Å². The van der Waals surface area contributed by atoms with Crippen molar-refractivity contribution in [1.29, 1.82) is 0 Å². The van der Waals surface area contributed by atoms with Crippen molar-refractivity contribution in [2.45, 2.75) is 19.9 Å². The minimum absolute atomic E-state index is 0.00835. The number of carbonyl (C=O) groups excluding carboxylic acids is 1. The van der Waals surface area contributed by atoms with Crippen LogP contribution in [0.25, 0.3) is 22.4 Å². The number of benzene rings is 2. The van der Waals surface area contributed by atoms with E-state index in [2.05, 4.69) is 34.8 Å². The summed E-state index contributed by atoms with van der Waals surface area (Å²) in [5.74, 6) is 1.48. The Bertz CT molecular complexity index is 1750. The van der Waals surface area contributed by atoms with Gasteiger partial charge in [-0.25, -0.2) is 4.98 Å². The van der Waals surface area contributed by atoms with Crippen LogP contribution in [0.4, 0.5) is 0 Å². The molecule has 1 aliphatic heterocycles. The van der Waals surface area contributed by atoms with Crippen LogP contribution in [0.5, 0.6) is 11.6 Å². The van der Waals surface area contributed by atoms with Gasteiger partial charge in [-0.1, -0.05) is 23.7 Å². The van der Waals surface area contributed by atoms with Crippen molar-refractivity contribution in [2.75, 3.05) is 33.2 Å². The first-order chi connectivity index (χ1) is 20.3. The number of Topliss-reactive ketones (excluding diaryl/α,β-unsaturated/α-hetero) is 1. The summed E-state index contributed by atoms with van der Waals surface area (Å²) in [6.45, 7) is 7.26. The number of ketones is 1. The van der Waals surface area contributed by atoms with E-state index in [9.17, 15) is 4.79 Å². The highest BCUT2D eigenvalue weighted by atomic mass is 35.5. The number of fused-ring (bicyclic) bond motifs is 1. The molecule has 6 rings (SSSR count). The van der Waals surface area contributed by atoms with Crippen molar-refractivity contribution < 1.29 is 9.53 Å². The summed E-state index contributed by atoms with van der Waals surface area (Å²) in [4.78, 5) is 31.8. The van der Waals surface area contributed by atoms with E-state index in [1.54, 1.807) is 24.5 Å². The number of ether oxygens (including phenoxy) is 1. The predicted octanol–water partition coefficient (Wildman–Crippen LogP) is 5.96. The second kappa shape index (κ2) is 12.0. The summed E-state index contributed by atoms with van der Waals surface area (Å²) in [5, 5.41) is 0.516. The molecule has 0 spiro atoms. The van der Waals surface area contributed by atoms with Crippen molar-refractivity contribution in [2.24, 2.45) is 7.05 Å². The van der Waals surface area contributed by atoms with E-state index in [4.69, 9.17) is 26.3 Å². The molecule has 0 radical (unpaired) electrons. The number of aromatic nitrogens is 4. The lowest BCUT2D eigenvalue weighted by molar-refractivity contribution is 0.0993. The van der Waals surface area contributed by atoms with Gasteiger partial charge in [-0.2, -0.15) is 4.98 Å². The number of nitrogens with zero attached hydrogens (tertiary/aromatic N) is 6. The Morgan fingerprint density at radius 1 is 0.976 bits per heavy atom. The van der Waals surface area contributed by atoms with Crippen LogP contribution in [0, 0.1) is 6.92 Å². The maximum Gasteiger partial charge on any atom is 0.247 e. The van der Waals surface area contributed by atoms with Gasteiger partial charge in [0.25, 0.3) is 0 Å². The summed E-state index contributed by atoms with van der Waals surface area (Å²) >= 11 is 6.56. The van der Waals surface area contributed by atoms with Gasteiger partial charge in [-0.3, -0.25) is 14.7 Å². The fourth-order valence-electron chi connectivity index (χ4n) is 5.28. The van der Waals surface area contributed by atoms with Gasteiger partial charge in [0.15, 0.2) is 11.6 Å². The molecule has 1 fully saturated rings. The Morgan fingerprint density at radius 3 is 2.57 bits per heavy atom. The van der Waals surface area contributed by atoms with Crippen molar-refractivity contribution in [3.05, 3.63) is 100 Å². The van der Waals surface area contributed by atoms with Crippen molar-refractivity contribution in [1.82, 2.24) is 29.3 Å². The molecule has 0 saturated carbocycles. The summed E-state index contributed by atoms with van der Waals surface area (Å²) in [6, 6.07) is 17.1. The van der Waals surface area contributed by atoms with Crippen LogP contribution in [-0.2, 0) is 20.0 Å². The predicted molar refractivity (Wildman–Crippen MR) is 165 cm³/mol. The zero-order valence-corrected chi connectivity index (χ0v) is 24.8. The second-order valence-electron chi connectivity index (χ2n) is 10.9. The molecule has 8 nitrogen and oxygen atoms in total. The third-order valence-corrected chi connectivity index (χ3v) is 8.21. The fraction of sp³-hybridized carbons (Fsp3) is 0.273. The van der Waals surface area contributed by atoms with Crippen LogP contribution in [-0.4, -0.2) is 68.3 Å². The van der Waals surface area contributed by atoms with Crippen molar-refractivity contribution >= 4 is 28.4 Å². The lowest BCUT2D eigenvalue weighted by Gasteiger charge is -2.32. The highest BCUT2D eigenvalue weighted by Gasteiger charge is 2.18. The summed E-state index contributed by atoms with van der Waals surface area (Å²) in [6.07, 6.45) is 5.52. The molecule has 3 aromatic heterocycles. The average molecular weight is 581 g/mol. The summed E-state index contributed by atoms with van der Waals surface area (Å²) < 4.78 is 8.24. The second-order valence-corrected chi connectivity index (χ2v) is 11.3. The van der Waals surface area contributed by atoms with E-state index in [0.29, 0.717) is 33.6 Å².